The predicted octanol–water partition coefficient (Wildman–Crippen LogP) is 2.42. The Kier molecular flexibility index (Phi) is 9.08. The van der Waals surface area contributed by atoms with Crippen LogP contribution in [0.15, 0.2) is 29.4 Å². The molecule has 2 heterocycles. The number of aryl methyl sites for hydroxylation is 1. The van der Waals surface area contributed by atoms with E-state index in [9.17, 15) is 0 Å². The summed E-state index contributed by atoms with van der Waals surface area (Å²) in [6, 6.07) is 7.82. The van der Waals surface area contributed by atoms with Crippen LogP contribution in [0.25, 0.3) is 0 Å². The minimum atomic E-state index is 0.482. The average molecular weight is 465 g/mol. The molecule has 1 aliphatic heterocycles. The summed E-state index contributed by atoms with van der Waals surface area (Å²) in [6.45, 7) is 7.90. The van der Waals surface area contributed by atoms with E-state index in [1.807, 2.05) is 31.2 Å². The molecule has 1 saturated heterocycles. The van der Waals surface area contributed by atoms with E-state index in [1.165, 1.54) is 0 Å². The number of ether oxygens (including phenoxy) is 2. The van der Waals surface area contributed by atoms with Gasteiger partial charge in [0.2, 0.25) is 0 Å². The van der Waals surface area contributed by atoms with Crippen LogP contribution >= 0.6 is 23.8 Å². The topological polar surface area (TPSA) is 75.9 Å². The molecule has 2 N–H and O–H groups in total. The molecule has 0 saturated carbocycles. The van der Waals surface area contributed by atoms with Crippen LogP contribution in [0.2, 0.25) is 5.15 Å². The number of thiocarbonyl (C=S) groups is 1. The van der Waals surface area contributed by atoms with Gasteiger partial charge in [0.05, 0.1) is 44.3 Å². The van der Waals surface area contributed by atoms with E-state index in [0.717, 1.165) is 68.4 Å². The highest BCUT2D eigenvalue weighted by molar-refractivity contribution is 7.80. The van der Waals surface area contributed by atoms with Crippen LogP contribution in [0.4, 0.5) is 0 Å². The van der Waals surface area contributed by atoms with Crippen molar-refractivity contribution in [1.29, 1.82) is 0 Å². The van der Waals surface area contributed by atoms with Crippen molar-refractivity contribution in [3.05, 3.63) is 46.2 Å². The van der Waals surface area contributed by atoms with Gasteiger partial charge in [-0.05, 0) is 49.8 Å². The largest absolute Gasteiger partial charge is 0.497 e. The Balaban J connectivity index is 1.46. The van der Waals surface area contributed by atoms with Crippen molar-refractivity contribution >= 4 is 35.1 Å². The van der Waals surface area contributed by atoms with E-state index in [2.05, 4.69) is 25.8 Å². The summed E-state index contributed by atoms with van der Waals surface area (Å²) in [7, 11) is 1.65. The number of nitrogens with one attached hydrogen (secondary N) is 2. The summed E-state index contributed by atoms with van der Waals surface area (Å²) in [4.78, 5) is 2.40. The first kappa shape index (κ1) is 23.5. The molecule has 1 aromatic carbocycles. The van der Waals surface area contributed by atoms with Crippen LogP contribution in [0.5, 0.6) is 5.75 Å². The summed E-state index contributed by atoms with van der Waals surface area (Å²) < 4.78 is 12.4. The van der Waals surface area contributed by atoms with Gasteiger partial charge in [-0.3, -0.25) is 10.3 Å². The second kappa shape index (κ2) is 12.0. The summed E-state index contributed by atoms with van der Waals surface area (Å²) in [5.41, 5.74) is 5.44. The minimum Gasteiger partial charge on any atom is -0.497 e. The van der Waals surface area contributed by atoms with Crippen molar-refractivity contribution in [2.24, 2.45) is 5.10 Å². The Bertz CT molecular complexity index is 898. The molecule has 0 unspecified atom stereocenters. The quantitative estimate of drug-likeness (QED) is 0.255. The highest BCUT2D eigenvalue weighted by atomic mass is 35.5. The fourth-order valence-corrected chi connectivity index (χ4v) is 3.72. The standard InChI is InChI=1S/C21H29ClN6O2S/c1-16-19(20(22)28(26-16)15-17-5-3-6-18(13-17)29-2)14-24-25-21(31)23-7-4-8-27-9-11-30-12-10-27/h3,5-6,13-14H,4,7-12,15H2,1-2H3,(H2,23,25,31). The Morgan fingerprint density at radius 3 is 2.97 bits per heavy atom. The Hall–Kier alpha value is -2.20. The number of nitrogens with zero attached hydrogens (tertiary/aromatic N) is 4. The maximum absolute atomic E-state index is 6.53. The Labute approximate surface area is 193 Å². The fraction of sp³-hybridized carbons (Fsp3) is 0.476. The van der Waals surface area contributed by atoms with Gasteiger partial charge < -0.3 is 14.8 Å². The molecule has 1 fully saturated rings. The molecule has 168 valence electrons. The van der Waals surface area contributed by atoms with Gasteiger partial charge in [0.15, 0.2) is 5.11 Å². The molecule has 0 atom stereocenters. The second-order valence-corrected chi connectivity index (χ2v) is 8.00. The molecule has 1 aliphatic rings. The smallest absolute Gasteiger partial charge is 0.186 e. The monoisotopic (exact) mass is 464 g/mol. The number of aromatic nitrogens is 2. The van der Waals surface area contributed by atoms with Crippen LogP contribution in [-0.4, -0.2) is 72.5 Å². The van der Waals surface area contributed by atoms with Crippen LogP contribution in [0.1, 0.15) is 23.2 Å². The first-order chi connectivity index (χ1) is 15.1. The molecule has 0 aliphatic carbocycles. The van der Waals surface area contributed by atoms with Crippen molar-refractivity contribution in [2.75, 3.05) is 46.5 Å². The molecule has 0 radical (unpaired) electrons. The number of rotatable bonds is 9. The molecular formula is C21H29ClN6O2S. The second-order valence-electron chi connectivity index (χ2n) is 7.23. The minimum absolute atomic E-state index is 0.482. The third-order valence-corrected chi connectivity index (χ3v) is 5.61. The van der Waals surface area contributed by atoms with Crippen LogP contribution in [-0.2, 0) is 11.3 Å². The zero-order chi connectivity index (χ0) is 22.1. The summed E-state index contributed by atoms with van der Waals surface area (Å²) in [6.07, 6.45) is 2.65. The lowest BCUT2D eigenvalue weighted by atomic mass is 10.2. The van der Waals surface area contributed by atoms with Crippen molar-refractivity contribution in [3.63, 3.8) is 0 Å². The van der Waals surface area contributed by atoms with Crippen molar-refractivity contribution in [3.8, 4) is 5.75 Å². The molecular weight excluding hydrogens is 436 g/mol. The first-order valence-electron chi connectivity index (χ1n) is 10.3. The molecule has 2 aromatic rings. The lowest BCUT2D eigenvalue weighted by Gasteiger charge is -2.26. The van der Waals surface area contributed by atoms with Crippen molar-refractivity contribution in [2.45, 2.75) is 19.9 Å². The highest BCUT2D eigenvalue weighted by Gasteiger charge is 2.13. The van der Waals surface area contributed by atoms with E-state index >= 15 is 0 Å². The van der Waals surface area contributed by atoms with Gasteiger partial charge in [0, 0.05) is 19.6 Å². The van der Waals surface area contributed by atoms with Gasteiger partial charge in [-0.1, -0.05) is 23.7 Å². The van der Waals surface area contributed by atoms with E-state index in [4.69, 9.17) is 33.3 Å². The first-order valence-corrected chi connectivity index (χ1v) is 11.1. The van der Waals surface area contributed by atoms with Crippen LogP contribution in [0, 0.1) is 6.92 Å². The number of hydrazone groups is 1. The third kappa shape index (κ3) is 7.17. The summed E-state index contributed by atoms with van der Waals surface area (Å²) in [5.74, 6) is 0.800. The van der Waals surface area contributed by atoms with Gasteiger partial charge in [-0.25, -0.2) is 4.68 Å². The zero-order valence-corrected chi connectivity index (χ0v) is 19.5. The number of methoxy groups -OCH3 is 1. The summed E-state index contributed by atoms with van der Waals surface area (Å²) in [5, 5.41) is 12.9. The molecule has 0 spiro atoms. The summed E-state index contributed by atoms with van der Waals surface area (Å²) >= 11 is 11.8. The van der Waals surface area contributed by atoms with E-state index in [0.29, 0.717) is 16.8 Å². The molecule has 31 heavy (non-hydrogen) atoms. The van der Waals surface area contributed by atoms with Gasteiger partial charge in [-0.2, -0.15) is 10.2 Å². The third-order valence-electron chi connectivity index (χ3n) is 4.98. The average Bonchev–Trinajstić information content (AvgIpc) is 3.05. The van der Waals surface area contributed by atoms with E-state index in [-0.39, 0.29) is 0 Å². The predicted molar refractivity (Wildman–Crippen MR) is 127 cm³/mol. The van der Waals surface area contributed by atoms with E-state index < -0.39 is 0 Å². The van der Waals surface area contributed by atoms with Gasteiger partial charge >= 0.3 is 0 Å². The lowest BCUT2D eigenvalue weighted by molar-refractivity contribution is 0.0376. The normalized spacial score (nSPS) is 14.7. The van der Waals surface area contributed by atoms with E-state index in [1.54, 1.807) is 18.0 Å². The number of hydrogen-bond donors (Lipinski definition) is 2. The number of morpholine rings is 1. The fourth-order valence-electron chi connectivity index (χ4n) is 3.29. The maximum atomic E-state index is 6.53. The highest BCUT2D eigenvalue weighted by Crippen LogP contribution is 2.20. The lowest BCUT2D eigenvalue weighted by Crippen LogP contribution is -2.39. The Morgan fingerprint density at radius 1 is 1.39 bits per heavy atom. The maximum Gasteiger partial charge on any atom is 0.186 e. The Morgan fingerprint density at radius 2 is 2.19 bits per heavy atom. The number of benzene rings is 1. The molecule has 10 heteroatoms. The molecule has 3 rings (SSSR count). The van der Waals surface area contributed by atoms with Gasteiger partial charge in [0.25, 0.3) is 0 Å². The number of halogens is 1. The van der Waals surface area contributed by atoms with Crippen molar-refractivity contribution in [1.82, 2.24) is 25.4 Å². The van der Waals surface area contributed by atoms with Crippen molar-refractivity contribution < 1.29 is 9.47 Å². The van der Waals surface area contributed by atoms with Crippen LogP contribution < -0.4 is 15.5 Å². The zero-order valence-electron chi connectivity index (χ0n) is 17.9. The number of hydrogen-bond acceptors (Lipinski definition) is 6. The van der Waals surface area contributed by atoms with Gasteiger partial charge in [0.1, 0.15) is 10.9 Å². The SMILES string of the molecule is COc1cccc(Cn2nc(C)c(C=NNC(=S)NCCCN3CCOCC3)c2Cl)c1. The van der Waals surface area contributed by atoms with Crippen LogP contribution in [0.3, 0.4) is 0 Å². The molecule has 0 amide bonds. The molecule has 8 nitrogen and oxygen atoms in total. The van der Waals surface area contributed by atoms with Gasteiger partial charge in [-0.15, -0.1) is 0 Å². The molecule has 0 bridgehead atoms. The molecule has 1 aromatic heterocycles.